The van der Waals surface area contributed by atoms with Crippen molar-refractivity contribution >= 4 is 85.4 Å². The lowest BCUT2D eigenvalue weighted by molar-refractivity contribution is -0.138. The van der Waals surface area contributed by atoms with Crippen LogP contribution in [0, 0.1) is 0 Å². The van der Waals surface area contributed by atoms with E-state index in [1.165, 1.54) is 4.90 Å². The summed E-state index contributed by atoms with van der Waals surface area (Å²) in [4.78, 5) is 53.4. The van der Waals surface area contributed by atoms with E-state index in [0.717, 1.165) is 49.8 Å². The van der Waals surface area contributed by atoms with Gasteiger partial charge in [0.25, 0.3) is 11.5 Å². The number of carboxylic acid groups (broad SMARTS) is 2. The standard InChI is InChI=1S/C23H21N3O6S4/c1-3-24-13-6-4-5-7-14(13)34-15(24)10-12(2)18-20(31)26(11-17(29)30)22(35-18)19-21(32)25(23(33)36-19)9-8-16(27)28/h4-7,10H,3,8-9,11H2,1-2H3,(H,27,28)(H,29,30)/b15-10?,18-12?,22-19-. The van der Waals surface area contributed by atoms with E-state index in [1.54, 1.807) is 18.7 Å². The van der Waals surface area contributed by atoms with Gasteiger partial charge in [-0.2, -0.15) is 0 Å². The number of thiazole rings is 1. The van der Waals surface area contributed by atoms with E-state index >= 15 is 0 Å². The SMILES string of the molecule is CCN1C(=CC(C)=c2s/c(=C3\SC(=S)N(CCC(=O)O)C3=O)n(CC(=O)O)c2=O)Sc2ccccc21. The summed E-state index contributed by atoms with van der Waals surface area (Å²) in [7, 11) is 0. The summed E-state index contributed by atoms with van der Waals surface area (Å²) in [5, 5.41) is 19.3. The van der Waals surface area contributed by atoms with Crippen LogP contribution in [0.5, 0.6) is 0 Å². The highest BCUT2D eigenvalue weighted by molar-refractivity contribution is 8.30. The Bertz CT molecular complexity index is 1510. The van der Waals surface area contributed by atoms with Crippen LogP contribution in [0.1, 0.15) is 20.3 Å². The van der Waals surface area contributed by atoms with Crippen LogP contribution >= 0.6 is 47.1 Å². The quantitative estimate of drug-likeness (QED) is 0.485. The molecule has 0 saturated carbocycles. The molecule has 1 aromatic carbocycles. The van der Waals surface area contributed by atoms with E-state index in [9.17, 15) is 24.3 Å². The van der Waals surface area contributed by atoms with Crippen molar-refractivity contribution in [2.75, 3.05) is 18.0 Å². The van der Waals surface area contributed by atoms with E-state index in [0.29, 0.717) is 10.1 Å². The molecule has 2 aromatic rings. The molecule has 2 N–H and O–H groups in total. The first-order valence-electron chi connectivity index (χ1n) is 10.8. The van der Waals surface area contributed by atoms with Crippen molar-refractivity contribution in [2.24, 2.45) is 0 Å². The predicted molar refractivity (Wildman–Crippen MR) is 146 cm³/mol. The summed E-state index contributed by atoms with van der Waals surface area (Å²) in [6.45, 7) is 3.83. The molecule has 4 rings (SSSR count). The molecule has 0 aliphatic carbocycles. The largest absolute Gasteiger partial charge is 0.481 e. The predicted octanol–water partition coefficient (Wildman–Crippen LogP) is 2.08. The highest BCUT2D eigenvalue weighted by Crippen LogP contribution is 2.45. The maximum Gasteiger partial charge on any atom is 0.323 e. The van der Waals surface area contributed by atoms with Gasteiger partial charge in [0.05, 0.1) is 21.7 Å². The summed E-state index contributed by atoms with van der Waals surface area (Å²) in [6, 6.07) is 7.99. The highest BCUT2D eigenvalue weighted by atomic mass is 32.2. The van der Waals surface area contributed by atoms with Gasteiger partial charge >= 0.3 is 11.9 Å². The van der Waals surface area contributed by atoms with Crippen LogP contribution in [0.15, 0.2) is 45.1 Å². The van der Waals surface area contributed by atoms with Crippen LogP contribution in [-0.2, 0) is 20.9 Å². The second-order valence-corrected chi connectivity index (χ2v) is 11.5. The first-order chi connectivity index (χ1) is 17.1. The number of aliphatic carboxylic acids is 2. The zero-order valence-electron chi connectivity index (χ0n) is 19.2. The van der Waals surface area contributed by atoms with Crippen LogP contribution in [0.3, 0.4) is 0 Å². The molecule has 1 saturated heterocycles. The van der Waals surface area contributed by atoms with Crippen LogP contribution in [0.2, 0.25) is 0 Å². The molecule has 1 fully saturated rings. The summed E-state index contributed by atoms with van der Waals surface area (Å²) in [5.41, 5.74) is 1.22. The molecule has 188 valence electrons. The fraction of sp³-hybridized carbons (Fsp3) is 0.261. The van der Waals surface area contributed by atoms with Gasteiger partial charge in [-0.25, -0.2) is 0 Å². The van der Waals surface area contributed by atoms with Gasteiger partial charge in [-0.3, -0.25) is 28.6 Å². The minimum Gasteiger partial charge on any atom is -0.481 e. The molecule has 2 aliphatic rings. The molecule has 1 amide bonds. The Kier molecular flexibility index (Phi) is 7.73. The van der Waals surface area contributed by atoms with Crippen molar-refractivity contribution in [1.82, 2.24) is 9.47 Å². The minimum absolute atomic E-state index is 0.104. The normalized spacial score (nSPS) is 18.8. The zero-order valence-corrected chi connectivity index (χ0v) is 22.5. The average Bonchev–Trinajstić information content (AvgIpc) is 3.43. The van der Waals surface area contributed by atoms with Gasteiger partial charge in [0.1, 0.15) is 20.4 Å². The summed E-state index contributed by atoms with van der Waals surface area (Å²) < 4.78 is 1.76. The first kappa shape index (κ1) is 26.2. The fourth-order valence-corrected chi connectivity index (χ4v) is 7.58. The molecule has 1 aromatic heterocycles. The second-order valence-electron chi connectivity index (χ2n) is 7.80. The topological polar surface area (TPSA) is 120 Å². The van der Waals surface area contributed by atoms with Crippen molar-refractivity contribution < 1.29 is 24.6 Å². The van der Waals surface area contributed by atoms with Gasteiger partial charge in [0.2, 0.25) is 0 Å². The van der Waals surface area contributed by atoms with Gasteiger partial charge < -0.3 is 15.1 Å². The molecule has 9 nitrogen and oxygen atoms in total. The third-order valence-electron chi connectivity index (χ3n) is 5.42. The van der Waals surface area contributed by atoms with Gasteiger partial charge in [-0.05, 0) is 37.6 Å². The number of benzene rings is 1. The molecule has 2 aliphatic heterocycles. The van der Waals surface area contributed by atoms with Gasteiger partial charge in [0.15, 0.2) is 0 Å². The molecule has 3 heterocycles. The first-order valence-corrected chi connectivity index (χ1v) is 13.7. The Labute approximate surface area is 223 Å². The molecule has 0 unspecified atom stereocenters. The Morgan fingerprint density at radius 3 is 2.47 bits per heavy atom. The van der Waals surface area contributed by atoms with E-state index in [2.05, 4.69) is 4.90 Å². The second kappa shape index (κ2) is 10.6. The number of carbonyl (C=O) groups is 3. The molecule has 0 bridgehead atoms. The zero-order chi connectivity index (χ0) is 26.1. The van der Waals surface area contributed by atoms with Gasteiger partial charge in [-0.15, -0.1) is 11.3 Å². The molecular formula is C23H21N3O6S4. The van der Waals surface area contributed by atoms with Crippen LogP contribution in [0.25, 0.3) is 10.5 Å². The molecule has 36 heavy (non-hydrogen) atoms. The van der Waals surface area contributed by atoms with Crippen molar-refractivity contribution in [3.05, 3.63) is 54.9 Å². The number of allylic oxidation sites excluding steroid dienone is 1. The number of thioether (sulfide) groups is 2. The van der Waals surface area contributed by atoms with Gasteiger partial charge in [-0.1, -0.05) is 47.9 Å². The lowest BCUT2D eigenvalue weighted by atomic mass is 10.2. The highest BCUT2D eigenvalue weighted by Gasteiger charge is 2.34. The number of hydrogen-bond acceptors (Lipinski definition) is 9. The molecular weight excluding hydrogens is 543 g/mol. The Morgan fingerprint density at radius 1 is 1.08 bits per heavy atom. The van der Waals surface area contributed by atoms with E-state index < -0.39 is 29.9 Å². The fourth-order valence-electron chi connectivity index (χ4n) is 3.77. The number of amides is 1. The van der Waals surface area contributed by atoms with E-state index in [1.807, 2.05) is 37.3 Å². The molecule has 0 radical (unpaired) electrons. The molecule has 0 spiro atoms. The Hall–Kier alpha value is -2.87. The average molecular weight is 564 g/mol. The number of thiocarbonyl (C=S) groups is 1. The van der Waals surface area contributed by atoms with Crippen molar-refractivity contribution in [2.45, 2.75) is 31.7 Å². The number of nitrogens with zero attached hydrogens (tertiary/aromatic N) is 3. The van der Waals surface area contributed by atoms with E-state index in [-0.39, 0.29) is 26.9 Å². The smallest absolute Gasteiger partial charge is 0.323 e. The lowest BCUT2D eigenvalue weighted by Gasteiger charge is -2.17. The maximum absolute atomic E-state index is 13.3. The minimum atomic E-state index is -1.22. The van der Waals surface area contributed by atoms with Crippen molar-refractivity contribution in [3.63, 3.8) is 0 Å². The molecule has 0 atom stereocenters. The summed E-state index contributed by atoms with van der Waals surface area (Å²) >= 11 is 8.82. The number of anilines is 1. The Balaban J connectivity index is 1.85. The monoisotopic (exact) mass is 563 g/mol. The van der Waals surface area contributed by atoms with E-state index in [4.69, 9.17) is 17.3 Å². The van der Waals surface area contributed by atoms with Gasteiger partial charge in [0, 0.05) is 18.0 Å². The number of aromatic nitrogens is 1. The number of fused-ring (bicyclic) bond motifs is 1. The molecule has 13 heteroatoms. The Morgan fingerprint density at radius 2 is 1.81 bits per heavy atom. The number of rotatable bonds is 7. The maximum atomic E-state index is 13.3. The third kappa shape index (κ3) is 5.01. The number of carboxylic acids is 2. The number of para-hydroxylation sites is 1. The summed E-state index contributed by atoms with van der Waals surface area (Å²) in [5.74, 6) is -2.83. The van der Waals surface area contributed by atoms with Crippen LogP contribution in [-0.4, -0.2) is 54.9 Å². The van der Waals surface area contributed by atoms with Crippen molar-refractivity contribution in [3.8, 4) is 0 Å². The van der Waals surface area contributed by atoms with Crippen molar-refractivity contribution in [1.29, 1.82) is 0 Å². The van der Waals surface area contributed by atoms with Crippen LogP contribution < -0.4 is 19.7 Å². The van der Waals surface area contributed by atoms with Crippen LogP contribution in [0.4, 0.5) is 5.69 Å². The number of hydrogen-bond donors (Lipinski definition) is 2. The lowest BCUT2D eigenvalue weighted by Crippen LogP contribution is -2.36. The third-order valence-corrected chi connectivity index (χ3v) is 9.42. The number of carbonyl (C=O) groups excluding carboxylic acids is 1. The summed E-state index contributed by atoms with van der Waals surface area (Å²) in [6.07, 6.45) is 1.61.